The Morgan fingerprint density at radius 2 is 1.91 bits per heavy atom. The molecule has 1 aliphatic rings. The highest BCUT2D eigenvalue weighted by Gasteiger charge is 2.35. The van der Waals surface area contributed by atoms with Gasteiger partial charge in [-0.25, -0.2) is 14.8 Å². The molecule has 0 aliphatic heterocycles. The van der Waals surface area contributed by atoms with E-state index in [1.165, 1.54) is 5.01 Å². The highest BCUT2D eigenvalue weighted by Crippen LogP contribution is 2.39. The van der Waals surface area contributed by atoms with E-state index in [1.54, 1.807) is 7.05 Å². The molecule has 0 spiro atoms. The summed E-state index contributed by atoms with van der Waals surface area (Å²) in [6, 6.07) is 13.4. The molecule has 1 aliphatic carbocycles. The van der Waals surface area contributed by atoms with Crippen LogP contribution < -0.4 is 15.6 Å². The van der Waals surface area contributed by atoms with Crippen molar-refractivity contribution in [3.05, 3.63) is 64.7 Å². The summed E-state index contributed by atoms with van der Waals surface area (Å²) in [6.07, 6.45) is 3.10. The lowest BCUT2D eigenvalue weighted by atomic mass is 9.73. The minimum absolute atomic E-state index is 0.0641. The number of hydrogen-bond donors (Lipinski definition) is 2. The topological polar surface area (TPSA) is 95.9 Å². The molecule has 1 unspecified atom stereocenters. The van der Waals surface area contributed by atoms with Crippen LogP contribution in [0, 0.1) is 15.7 Å². The van der Waals surface area contributed by atoms with E-state index >= 15 is 0 Å². The first-order valence-electron chi connectivity index (χ1n) is 12.0. The molecule has 1 aromatic heterocycles. The molecule has 0 fully saturated rings. The number of alkyl carbamates (subject to hydrolysis) is 1. The Bertz CT molecular complexity index is 1060. The number of nitrogens with zero attached hydrogens (tertiary/aromatic N) is 3. The van der Waals surface area contributed by atoms with E-state index in [0.717, 1.165) is 35.5 Å². The summed E-state index contributed by atoms with van der Waals surface area (Å²) in [7, 11) is 1.59. The zero-order valence-corrected chi connectivity index (χ0v) is 21.6. The molecular weight excluding hydrogens is 442 g/mol. The van der Waals surface area contributed by atoms with E-state index < -0.39 is 6.09 Å². The number of hydrogen-bond acceptors (Lipinski definition) is 6. The molecule has 0 saturated carbocycles. The van der Waals surface area contributed by atoms with Crippen LogP contribution in [0.1, 0.15) is 58.7 Å². The Balaban J connectivity index is 1.74. The minimum Gasteiger partial charge on any atom is -0.445 e. The largest absolute Gasteiger partial charge is 0.445 e. The Kier molecular flexibility index (Phi) is 8.14. The van der Waals surface area contributed by atoms with E-state index in [0.29, 0.717) is 12.2 Å². The van der Waals surface area contributed by atoms with Crippen molar-refractivity contribution >= 4 is 23.2 Å². The molecule has 1 amide bonds. The van der Waals surface area contributed by atoms with Gasteiger partial charge in [0.2, 0.25) is 0 Å². The van der Waals surface area contributed by atoms with E-state index in [1.807, 2.05) is 42.5 Å². The van der Waals surface area contributed by atoms with E-state index in [-0.39, 0.29) is 23.5 Å². The van der Waals surface area contributed by atoms with Crippen LogP contribution in [0.2, 0.25) is 0 Å². The van der Waals surface area contributed by atoms with Crippen LogP contribution >= 0.6 is 0 Å². The molecule has 35 heavy (non-hydrogen) atoms. The van der Waals surface area contributed by atoms with Crippen LogP contribution in [0.4, 0.5) is 16.3 Å². The smallest absolute Gasteiger partial charge is 0.407 e. The van der Waals surface area contributed by atoms with Crippen molar-refractivity contribution in [1.82, 2.24) is 10.3 Å². The van der Waals surface area contributed by atoms with Gasteiger partial charge in [-0.3, -0.25) is 0 Å². The molecule has 3 rings (SSSR count). The lowest BCUT2D eigenvalue weighted by molar-refractivity contribution is 0.123. The predicted molar refractivity (Wildman–Crippen MR) is 141 cm³/mol. The SMILES string of the molecule is CN(N=O)c1nc(C2=CCC(C)(C)C(NC(=O)OCc3ccccc3)C2)ccc1NCC(C)(C)C. The number of benzene rings is 1. The maximum atomic E-state index is 12.6. The molecule has 2 aromatic rings. The number of carbonyl (C=O) groups excluding carboxylic acids is 1. The van der Waals surface area contributed by atoms with Gasteiger partial charge in [-0.05, 0) is 46.9 Å². The lowest BCUT2D eigenvalue weighted by Crippen LogP contribution is -2.46. The maximum Gasteiger partial charge on any atom is 0.407 e. The number of aromatic nitrogens is 1. The Morgan fingerprint density at radius 1 is 1.20 bits per heavy atom. The first-order valence-corrected chi connectivity index (χ1v) is 12.0. The van der Waals surface area contributed by atoms with E-state index in [4.69, 9.17) is 9.72 Å². The third kappa shape index (κ3) is 7.28. The van der Waals surface area contributed by atoms with Gasteiger partial charge in [0, 0.05) is 19.6 Å². The van der Waals surface area contributed by atoms with Gasteiger partial charge in [-0.2, -0.15) is 0 Å². The highest BCUT2D eigenvalue weighted by molar-refractivity contribution is 5.73. The normalized spacial score (nSPS) is 17.2. The molecular formula is C27H37N5O3. The molecule has 0 saturated heterocycles. The van der Waals surface area contributed by atoms with Crippen molar-refractivity contribution in [2.45, 2.75) is 60.1 Å². The van der Waals surface area contributed by atoms with Crippen molar-refractivity contribution in [1.29, 1.82) is 0 Å². The number of carbonyl (C=O) groups is 1. The molecule has 1 heterocycles. The first-order chi connectivity index (χ1) is 16.5. The van der Waals surface area contributed by atoms with Gasteiger partial charge in [-0.15, -0.1) is 4.91 Å². The summed E-state index contributed by atoms with van der Waals surface area (Å²) in [4.78, 5) is 28.6. The number of rotatable bonds is 8. The van der Waals surface area contributed by atoms with Gasteiger partial charge >= 0.3 is 6.09 Å². The van der Waals surface area contributed by atoms with Gasteiger partial charge in [0.1, 0.15) is 6.61 Å². The van der Waals surface area contributed by atoms with Gasteiger partial charge in [-0.1, -0.05) is 71.0 Å². The highest BCUT2D eigenvalue weighted by atomic mass is 16.5. The Morgan fingerprint density at radius 3 is 2.57 bits per heavy atom. The summed E-state index contributed by atoms with van der Waals surface area (Å²) >= 11 is 0. The molecule has 0 bridgehead atoms. The van der Waals surface area contributed by atoms with Crippen LogP contribution in [0.25, 0.3) is 5.57 Å². The fraction of sp³-hybridized carbons (Fsp3) is 0.481. The number of anilines is 2. The third-order valence-corrected chi connectivity index (χ3v) is 6.19. The van der Waals surface area contributed by atoms with E-state index in [9.17, 15) is 9.70 Å². The molecule has 2 N–H and O–H groups in total. The predicted octanol–water partition coefficient (Wildman–Crippen LogP) is 6.16. The van der Waals surface area contributed by atoms with Crippen LogP contribution in [0.3, 0.4) is 0 Å². The number of pyridine rings is 1. The summed E-state index contributed by atoms with van der Waals surface area (Å²) < 4.78 is 5.45. The summed E-state index contributed by atoms with van der Waals surface area (Å²) in [5.74, 6) is 0.472. The van der Waals surface area contributed by atoms with Crippen molar-refractivity contribution < 1.29 is 9.53 Å². The van der Waals surface area contributed by atoms with E-state index in [2.05, 4.69) is 56.6 Å². The van der Waals surface area contributed by atoms with Crippen LogP contribution in [-0.4, -0.2) is 30.7 Å². The first kappa shape index (κ1) is 26.2. The quantitative estimate of drug-likeness (QED) is 0.348. The number of nitrogens with one attached hydrogen (secondary N) is 2. The molecule has 8 heteroatoms. The van der Waals surface area contributed by atoms with Crippen LogP contribution in [0.15, 0.2) is 53.8 Å². The van der Waals surface area contributed by atoms with Gasteiger partial charge in [0.25, 0.3) is 0 Å². The van der Waals surface area contributed by atoms with Crippen LogP contribution in [0.5, 0.6) is 0 Å². The standard InChI is InChI=1S/C27H37N5O3/c1-26(2,3)18-28-22-13-12-21(29-24(22)32(6)31-34)20-14-15-27(4,5)23(16-20)30-25(33)35-17-19-10-8-7-9-11-19/h7-14,23,28H,15-18H2,1-6H3,(H,30,33). The summed E-state index contributed by atoms with van der Waals surface area (Å²) in [5.41, 5.74) is 3.39. The zero-order valence-electron chi connectivity index (χ0n) is 21.6. The van der Waals surface area contributed by atoms with Crippen LogP contribution in [-0.2, 0) is 11.3 Å². The fourth-order valence-corrected chi connectivity index (χ4v) is 3.88. The zero-order chi connectivity index (χ0) is 25.6. The molecule has 1 atom stereocenters. The second-order valence-electron chi connectivity index (χ2n) is 11.0. The van der Waals surface area contributed by atoms with Crippen molar-refractivity contribution in [3.63, 3.8) is 0 Å². The minimum atomic E-state index is -0.437. The molecule has 1 aromatic carbocycles. The average molecular weight is 480 g/mol. The molecule has 8 nitrogen and oxygen atoms in total. The Labute approximate surface area is 208 Å². The Hall–Kier alpha value is -3.42. The van der Waals surface area contributed by atoms with Crippen molar-refractivity contribution in [2.24, 2.45) is 16.1 Å². The van der Waals surface area contributed by atoms with Gasteiger partial charge < -0.3 is 15.4 Å². The molecule has 188 valence electrons. The monoisotopic (exact) mass is 479 g/mol. The number of amides is 1. The number of allylic oxidation sites excluding steroid dienone is 1. The van der Waals surface area contributed by atoms with Gasteiger partial charge in [0.05, 0.1) is 16.7 Å². The number of ether oxygens (including phenoxy) is 1. The summed E-state index contributed by atoms with van der Waals surface area (Å²) in [6.45, 7) is 11.6. The lowest BCUT2D eigenvalue weighted by Gasteiger charge is -2.38. The summed E-state index contributed by atoms with van der Waals surface area (Å²) in [5, 5.41) is 10.7. The molecule has 0 radical (unpaired) electrons. The average Bonchev–Trinajstić information content (AvgIpc) is 2.82. The fourth-order valence-electron chi connectivity index (χ4n) is 3.88. The van der Waals surface area contributed by atoms with Gasteiger partial charge in [0.15, 0.2) is 5.82 Å². The maximum absolute atomic E-state index is 12.6. The third-order valence-electron chi connectivity index (χ3n) is 6.19. The number of nitroso groups, excluding NO2 is 1. The van der Waals surface area contributed by atoms with Crippen molar-refractivity contribution in [2.75, 3.05) is 23.9 Å². The second-order valence-corrected chi connectivity index (χ2v) is 11.0. The van der Waals surface area contributed by atoms with Crippen molar-refractivity contribution in [3.8, 4) is 0 Å². The second kappa shape index (κ2) is 10.9.